The zero-order chi connectivity index (χ0) is 22.6. The third kappa shape index (κ3) is 4.82. The Labute approximate surface area is 193 Å². The van der Waals surface area contributed by atoms with Crippen molar-refractivity contribution in [1.29, 1.82) is 0 Å². The number of aromatic nitrogens is 1. The van der Waals surface area contributed by atoms with Gasteiger partial charge >= 0.3 is 0 Å². The van der Waals surface area contributed by atoms with Crippen molar-refractivity contribution in [3.05, 3.63) is 54.0 Å². The molecule has 1 aromatic carbocycles. The van der Waals surface area contributed by atoms with E-state index in [9.17, 15) is 4.79 Å². The molecule has 2 aromatic heterocycles. The van der Waals surface area contributed by atoms with Gasteiger partial charge in [-0.3, -0.25) is 4.79 Å². The number of furan rings is 1. The second kappa shape index (κ2) is 9.80. The normalized spacial score (nSPS) is 18.6. The van der Waals surface area contributed by atoms with Crippen molar-refractivity contribution < 1.29 is 23.4 Å². The Balaban J connectivity index is 1.52. The lowest BCUT2D eigenvalue weighted by molar-refractivity contribution is 0.0506. The van der Waals surface area contributed by atoms with Crippen LogP contribution in [0.25, 0.3) is 10.9 Å². The van der Waals surface area contributed by atoms with E-state index in [2.05, 4.69) is 11.0 Å². The van der Waals surface area contributed by atoms with E-state index < -0.39 is 0 Å². The quantitative estimate of drug-likeness (QED) is 0.544. The van der Waals surface area contributed by atoms with Gasteiger partial charge in [-0.25, -0.2) is 4.98 Å². The molecule has 4 heterocycles. The summed E-state index contributed by atoms with van der Waals surface area (Å²) in [6, 6.07) is 9.74. The Morgan fingerprint density at radius 1 is 1.21 bits per heavy atom. The standard InChI is InChI=1S/C25H29N3O5/c1-30-21-5-4-18-13-20(24(26-23(18)14-21)27-7-11-31-12-8-27)15-28(16-22-3-2-9-33-22)25(29)19-6-10-32-17-19/h4-6,10,13-14,17,22H,2-3,7-9,11-12,15-16H2,1H3/t22-/m1/s1. The van der Waals surface area contributed by atoms with Crippen molar-refractivity contribution in [3.63, 3.8) is 0 Å². The van der Waals surface area contributed by atoms with E-state index in [4.69, 9.17) is 23.6 Å². The first-order valence-electron chi connectivity index (χ1n) is 11.4. The number of amides is 1. The number of nitrogens with zero attached hydrogens (tertiary/aromatic N) is 3. The Kier molecular flexibility index (Phi) is 6.46. The van der Waals surface area contributed by atoms with Crippen molar-refractivity contribution in [3.8, 4) is 5.75 Å². The number of hydrogen-bond acceptors (Lipinski definition) is 7. The van der Waals surface area contributed by atoms with Gasteiger partial charge in [0.1, 0.15) is 17.8 Å². The Morgan fingerprint density at radius 2 is 2.09 bits per heavy atom. The van der Waals surface area contributed by atoms with Crippen LogP contribution in [-0.4, -0.2) is 68.5 Å². The highest BCUT2D eigenvalue weighted by molar-refractivity contribution is 5.94. The molecule has 5 rings (SSSR count). The number of carbonyl (C=O) groups is 1. The molecule has 2 aliphatic heterocycles. The van der Waals surface area contributed by atoms with Crippen molar-refractivity contribution in [2.24, 2.45) is 0 Å². The second-order valence-corrected chi connectivity index (χ2v) is 8.46. The zero-order valence-electron chi connectivity index (χ0n) is 18.9. The summed E-state index contributed by atoms with van der Waals surface area (Å²) in [4.78, 5) is 22.5. The third-order valence-electron chi connectivity index (χ3n) is 6.26. The molecule has 1 amide bonds. The first-order chi connectivity index (χ1) is 16.2. The molecule has 3 aromatic rings. The summed E-state index contributed by atoms with van der Waals surface area (Å²) in [5.41, 5.74) is 2.41. The summed E-state index contributed by atoms with van der Waals surface area (Å²) >= 11 is 0. The molecule has 0 saturated carbocycles. The summed E-state index contributed by atoms with van der Waals surface area (Å²) in [6.45, 7) is 4.55. The smallest absolute Gasteiger partial charge is 0.257 e. The third-order valence-corrected chi connectivity index (χ3v) is 6.26. The number of ether oxygens (including phenoxy) is 3. The number of anilines is 1. The van der Waals surface area contributed by atoms with E-state index in [0.717, 1.165) is 60.6 Å². The molecule has 0 radical (unpaired) electrons. The van der Waals surface area contributed by atoms with E-state index in [0.29, 0.717) is 31.9 Å². The minimum Gasteiger partial charge on any atom is -0.497 e. The molecule has 0 unspecified atom stereocenters. The van der Waals surface area contributed by atoms with Gasteiger partial charge in [-0.05, 0) is 37.1 Å². The number of methoxy groups -OCH3 is 1. The number of hydrogen-bond donors (Lipinski definition) is 0. The lowest BCUT2D eigenvalue weighted by Crippen LogP contribution is -2.39. The average Bonchev–Trinajstić information content (AvgIpc) is 3.58. The van der Waals surface area contributed by atoms with Crippen LogP contribution in [0.1, 0.15) is 28.8 Å². The summed E-state index contributed by atoms with van der Waals surface area (Å²) in [5.74, 6) is 1.59. The van der Waals surface area contributed by atoms with Crippen LogP contribution in [0.5, 0.6) is 5.75 Å². The molecule has 2 aliphatic rings. The molecule has 1 atom stereocenters. The number of carbonyl (C=O) groups excluding carboxylic acids is 1. The molecular weight excluding hydrogens is 422 g/mol. The molecule has 8 heteroatoms. The van der Waals surface area contributed by atoms with Crippen molar-refractivity contribution in [2.45, 2.75) is 25.5 Å². The second-order valence-electron chi connectivity index (χ2n) is 8.46. The number of fused-ring (bicyclic) bond motifs is 1. The average molecular weight is 452 g/mol. The molecule has 2 saturated heterocycles. The highest BCUT2D eigenvalue weighted by Crippen LogP contribution is 2.29. The van der Waals surface area contributed by atoms with E-state index in [-0.39, 0.29) is 12.0 Å². The van der Waals surface area contributed by atoms with Crippen LogP contribution in [0, 0.1) is 0 Å². The Bertz CT molecular complexity index is 1090. The molecule has 8 nitrogen and oxygen atoms in total. The SMILES string of the molecule is COc1ccc2cc(CN(C[C@H]3CCCO3)C(=O)c3ccoc3)c(N3CCOCC3)nc2c1. The lowest BCUT2D eigenvalue weighted by atomic mass is 10.1. The molecular formula is C25H29N3O5. The first kappa shape index (κ1) is 21.7. The van der Waals surface area contributed by atoms with Crippen LogP contribution in [0.3, 0.4) is 0 Å². The van der Waals surface area contributed by atoms with Crippen molar-refractivity contribution in [1.82, 2.24) is 9.88 Å². The van der Waals surface area contributed by atoms with E-state index in [1.54, 1.807) is 13.2 Å². The highest BCUT2D eigenvalue weighted by Gasteiger charge is 2.26. The number of pyridine rings is 1. The van der Waals surface area contributed by atoms with Crippen LogP contribution in [0.15, 0.2) is 47.3 Å². The van der Waals surface area contributed by atoms with Gasteiger partial charge in [0.05, 0.1) is 43.8 Å². The van der Waals surface area contributed by atoms with Gasteiger partial charge in [0.15, 0.2) is 0 Å². The predicted molar refractivity (Wildman–Crippen MR) is 124 cm³/mol. The van der Waals surface area contributed by atoms with Gasteiger partial charge in [-0.2, -0.15) is 0 Å². The summed E-state index contributed by atoms with van der Waals surface area (Å²) in [6.07, 6.45) is 5.06. The fourth-order valence-corrected chi connectivity index (χ4v) is 4.50. The van der Waals surface area contributed by atoms with E-state index in [1.807, 2.05) is 23.1 Å². The molecule has 0 spiro atoms. The van der Waals surface area contributed by atoms with Gasteiger partial charge < -0.3 is 28.4 Å². The largest absolute Gasteiger partial charge is 0.497 e. The first-order valence-corrected chi connectivity index (χ1v) is 11.4. The van der Waals surface area contributed by atoms with Crippen LogP contribution >= 0.6 is 0 Å². The van der Waals surface area contributed by atoms with Crippen LogP contribution in [-0.2, 0) is 16.0 Å². The van der Waals surface area contributed by atoms with Gasteiger partial charge in [0.25, 0.3) is 5.91 Å². The van der Waals surface area contributed by atoms with Gasteiger partial charge in [0.2, 0.25) is 0 Å². The van der Waals surface area contributed by atoms with E-state index >= 15 is 0 Å². The number of morpholine rings is 1. The maximum atomic E-state index is 13.4. The highest BCUT2D eigenvalue weighted by atomic mass is 16.5. The minimum atomic E-state index is -0.0676. The lowest BCUT2D eigenvalue weighted by Gasteiger charge is -2.32. The molecule has 174 valence electrons. The topological polar surface area (TPSA) is 77.3 Å². The minimum absolute atomic E-state index is 0.0466. The Morgan fingerprint density at radius 3 is 2.82 bits per heavy atom. The summed E-state index contributed by atoms with van der Waals surface area (Å²) < 4.78 is 22.0. The zero-order valence-corrected chi connectivity index (χ0v) is 18.9. The molecule has 33 heavy (non-hydrogen) atoms. The van der Waals surface area contributed by atoms with Crippen LogP contribution < -0.4 is 9.64 Å². The molecule has 0 N–H and O–H groups in total. The van der Waals surface area contributed by atoms with Gasteiger partial charge in [0, 0.05) is 49.8 Å². The van der Waals surface area contributed by atoms with E-state index in [1.165, 1.54) is 12.5 Å². The molecule has 0 bridgehead atoms. The predicted octanol–water partition coefficient (Wildman–Crippen LogP) is 3.49. The number of benzene rings is 1. The van der Waals surface area contributed by atoms with Crippen molar-refractivity contribution in [2.75, 3.05) is 51.5 Å². The Hall–Kier alpha value is -3.10. The summed E-state index contributed by atoms with van der Waals surface area (Å²) in [7, 11) is 1.66. The maximum absolute atomic E-state index is 13.4. The fourth-order valence-electron chi connectivity index (χ4n) is 4.50. The van der Waals surface area contributed by atoms with Crippen LogP contribution in [0.4, 0.5) is 5.82 Å². The van der Waals surface area contributed by atoms with Crippen molar-refractivity contribution >= 4 is 22.6 Å². The molecule has 2 fully saturated rings. The number of rotatable bonds is 7. The van der Waals surface area contributed by atoms with Gasteiger partial charge in [-0.15, -0.1) is 0 Å². The maximum Gasteiger partial charge on any atom is 0.257 e. The monoisotopic (exact) mass is 451 g/mol. The van der Waals surface area contributed by atoms with Crippen LogP contribution in [0.2, 0.25) is 0 Å². The van der Waals surface area contributed by atoms with Gasteiger partial charge in [-0.1, -0.05) is 0 Å². The molecule has 0 aliphatic carbocycles. The summed E-state index contributed by atoms with van der Waals surface area (Å²) in [5, 5.41) is 1.01. The fraction of sp³-hybridized carbons (Fsp3) is 0.440.